The summed E-state index contributed by atoms with van der Waals surface area (Å²) < 4.78 is 14.0. The van der Waals surface area contributed by atoms with Gasteiger partial charge in [0.25, 0.3) is 5.91 Å². The second-order valence-electron chi connectivity index (χ2n) is 6.63. The van der Waals surface area contributed by atoms with Crippen molar-refractivity contribution < 1.29 is 9.18 Å². The minimum absolute atomic E-state index is 0.0549. The second kappa shape index (κ2) is 7.60. The van der Waals surface area contributed by atoms with Crippen LogP contribution in [0.4, 0.5) is 4.39 Å². The molecule has 0 bridgehead atoms. The maximum atomic E-state index is 13.1. The van der Waals surface area contributed by atoms with Crippen LogP contribution < -0.4 is 0 Å². The Morgan fingerprint density at radius 2 is 1.89 bits per heavy atom. The molecular weight excluding hydrogens is 411 g/mol. The number of carbonyl (C=O) groups is 1. The van der Waals surface area contributed by atoms with E-state index in [1.807, 2.05) is 29.2 Å². The van der Waals surface area contributed by atoms with Gasteiger partial charge in [-0.1, -0.05) is 22.0 Å². The number of nitrogens with one attached hydrogen (secondary N) is 1. The molecule has 0 spiro atoms. The second-order valence-corrected chi connectivity index (χ2v) is 7.54. The predicted molar refractivity (Wildman–Crippen MR) is 104 cm³/mol. The highest BCUT2D eigenvalue weighted by molar-refractivity contribution is 9.10. The number of aromatic amines is 1. The van der Waals surface area contributed by atoms with Crippen LogP contribution in [0.25, 0.3) is 11.4 Å². The highest BCUT2D eigenvalue weighted by Gasteiger charge is 2.26. The predicted octanol–water partition coefficient (Wildman–Crippen LogP) is 4.39. The molecule has 2 heterocycles. The Bertz CT molecular complexity index is 949. The zero-order valence-electron chi connectivity index (χ0n) is 14.5. The summed E-state index contributed by atoms with van der Waals surface area (Å²) in [5.41, 5.74) is 1.47. The number of aromatic nitrogens is 3. The van der Waals surface area contributed by atoms with E-state index in [4.69, 9.17) is 0 Å². The maximum Gasteiger partial charge on any atom is 0.253 e. The Hall–Kier alpha value is -2.54. The highest BCUT2D eigenvalue weighted by atomic mass is 79.9. The number of carbonyl (C=O) groups excluding carboxylic acids is 1. The molecule has 5 nitrogen and oxygen atoms in total. The number of halogens is 2. The Morgan fingerprint density at radius 3 is 2.59 bits per heavy atom. The number of nitrogens with zero attached hydrogens (tertiary/aromatic N) is 3. The summed E-state index contributed by atoms with van der Waals surface area (Å²) in [6.45, 7) is 1.37. The lowest BCUT2D eigenvalue weighted by molar-refractivity contribution is 0.0711. The lowest BCUT2D eigenvalue weighted by atomic mass is 9.95. The number of hydrogen-bond donors (Lipinski definition) is 1. The summed E-state index contributed by atoms with van der Waals surface area (Å²) >= 11 is 3.41. The molecule has 1 N–H and O–H groups in total. The first-order valence-corrected chi connectivity index (χ1v) is 9.62. The van der Waals surface area contributed by atoms with Crippen molar-refractivity contribution in [2.45, 2.75) is 18.8 Å². The molecule has 1 aliphatic heterocycles. The van der Waals surface area contributed by atoms with E-state index in [0.29, 0.717) is 24.5 Å². The normalized spacial score (nSPS) is 15.1. The third kappa shape index (κ3) is 3.93. The van der Waals surface area contributed by atoms with Gasteiger partial charge in [-0.3, -0.25) is 9.89 Å². The van der Waals surface area contributed by atoms with E-state index in [9.17, 15) is 9.18 Å². The molecule has 1 fully saturated rings. The molecule has 4 rings (SSSR count). The fraction of sp³-hybridized carbons (Fsp3) is 0.250. The van der Waals surface area contributed by atoms with Crippen LogP contribution in [0.1, 0.15) is 34.9 Å². The first-order valence-electron chi connectivity index (χ1n) is 8.83. The fourth-order valence-electron chi connectivity index (χ4n) is 3.35. The maximum absolute atomic E-state index is 13.1. The smallest absolute Gasteiger partial charge is 0.253 e. The first kappa shape index (κ1) is 17.9. The largest absolute Gasteiger partial charge is 0.339 e. The van der Waals surface area contributed by atoms with Gasteiger partial charge in [-0.2, -0.15) is 5.10 Å². The van der Waals surface area contributed by atoms with Crippen molar-refractivity contribution in [3.8, 4) is 11.4 Å². The number of rotatable bonds is 3. The average Bonchev–Trinajstić information content (AvgIpc) is 3.18. The van der Waals surface area contributed by atoms with Crippen LogP contribution in [-0.2, 0) is 0 Å². The summed E-state index contributed by atoms with van der Waals surface area (Å²) in [5, 5.41) is 7.27. The van der Waals surface area contributed by atoms with Crippen molar-refractivity contribution in [1.29, 1.82) is 0 Å². The van der Waals surface area contributed by atoms with E-state index in [1.165, 1.54) is 12.1 Å². The molecule has 1 aliphatic rings. The van der Waals surface area contributed by atoms with Crippen molar-refractivity contribution >= 4 is 21.8 Å². The van der Waals surface area contributed by atoms with Gasteiger partial charge in [-0.15, -0.1) is 0 Å². The van der Waals surface area contributed by atoms with E-state index >= 15 is 0 Å². The van der Waals surface area contributed by atoms with Gasteiger partial charge in [-0.25, -0.2) is 9.37 Å². The van der Waals surface area contributed by atoms with Crippen molar-refractivity contribution in [3.05, 3.63) is 70.2 Å². The summed E-state index contributed by atoms with van der Waals surface area (Å²) in [7, 11) is 0. The lowest BCUT2D eigenvalue weighted by Gasteiger charge is -2.31. The van der Waals surface area contributed by atoms with E-state index < -0.39 is 0 Å². The number of hydrogen-bond acceptors (Lipinski definition) is 3. The molecule has 1 amide bonds. The van der Waals surface area contributed by atoms with Crippen LogP contribution in [0.2, 0.25) is 0 Å². The molecule has 0 saturated carbocycles. The van der Waals surface area contributed by atoms with E-state index in [-0.39, 0.29) is 17.6 Å². The average molecular weight is 429 g/mol. The lowest BCUT2D eigenvalue weighted by Crippen LogP contribution is -2.38. The van der Waals surface area contributed by atoms with Crippen LogP contribution in [0.5, 0.6) is 0 Å². The van der Waals surface area contributed by atoms with Gasteiger partial charge in [0, 0.05) is 34.6 Å². The Kier molecular flexibility index (Phi) is 5.03. The minimum atomic E-state index is -0.281. The van der Waals surface area contributed by atoms with Crippen LogP contribution in [0.15, 0.2) is 53.0 Å². The molecule has 0 radical (unpaired) electrons. The van der Waals surface area contributed by atoms with Gasteiger partial charge in [0.05, 0.1) is 0 Å². The first-order chi connectivity index (χ1) is 13.1. The van der Waals surface area contributed by atoms with Gasteiger partial charge in [0.1, 0.15) is 11.6 Å². The van der Waals surface area contributed by atoms with Crippen LogP contribution in [0, 0.1) is 5.82 Å². The molecule has 0 unspecified atom stereocenters. The van der Waals surface area contributed by atoms with Crippen molar-refractivity contribution in [3.63, 3.8) is 0 Å². The third-order valence-corrected chi connectivity index (χ3v) is 5.34. The van der Waals surface area contributed by atoms with Gasteiger partial charge in [-0.05, 0) is 55.3 Å². The summed E-state index contributed by atoms with van der Waals surface area (Å²) in [5.74, 6) is 1.40. The van der Waals surface area contributed by atoms with Crippen LogP contribution in [-0.4, -0.2) is 39.1 Å². The van der Waals surface area contributed by atoms with E-state index in [1.54, 1.807) is 12.1 Å². The summed E-state index contributed by atoms with van der Waals surface area (Å²) in [6, 6.07) is 13.6. The minimum Gasteiger partial charge on any atom is -0.339 e. The molecule has 3 aromatic rings. The van der Waals surface area contributed by atoms with E-state index in [2.05, 4.69) is 31.1 Å². The van der Waals surface area contributed by atoms with Crippen LogP contribution >= 0.6 is 15.9 Å². The van der Waals surface area contributed by atoms with E-state index in [0.717, 1.165) is 28.7 Å². The third-order valence-electron chi connectivity index (χ3n) is 4.85. The zero-order valence-corrected chi connectivity index (χ0v) is 16.1. The quantitative estimate of drug-likeness (QED) is 0.672. The molecule has 0 atom stereocenters. The number of amides is 1. The molecule has 1 saturated heterocycles. The topological polar surface area (TPSA) is 61.9 Å². The zero-order chi connectivity index (χ0) is 18.8. The fourth-order valence-corrected chi connectivity index (χ4v) is 3.74. The molecular formula is C20H18BrFN4O. The van der Waals surface area contributed by atoms with Crippen molar-refractivity contribution in [2.24, 2.45) is 0 Å². The number of benzene rings is 2. The monoisotopic (exact) mass is 428 g/mol. The SMILES string of the molecule is O=C(c1cccc(Br)c1)N1CCC(c2nc(-c3ccc(F)cc3)n[nH]2)CC1. The molecule has 27 heavy (non-hydrogen) atoms. The van der Waals surface area contributed by atoms with Crippen molar-refractivity contribution in [1.82, 2.24) is 20.1 Å². The Labute approximate surface area is 164 Å². The molecule has 138 valence electrons. The molecule has 2 aromatic carbocycles. The molecule has 0 aliphatic carbocycles. The van der Waals surface area contributed by atoms with Crippen molar-refractivity contribution in [2.75, 3.05) is 13.1 Å². The van der Waals surface area contributed by atoms with Gasteiger partial charge >= 0.3 is 0 Å². The Balaban J connectivity index is 1.41. The van der Waals surface area contributed by atoms with Gasteiger partial charge in [0.2, 0.25) is 0 Å². The highest BCUT2D eigenvalue weighted by Crippen LogP contribution is 2.28. The molecule has 7 heteroatoms. The molecule has 1 aromatic heterocycles. The van der Waals surface area contributed by atoms with Crippen LogP contribution in [0.3, 0.4) is 0 Å². The number of H-pyrrole nitrogens is 1. The Morgan fingerprint density at radius 1 is 1.15 bits per heavy atom. The van der Waals surface area contributed by atoms with Gasteiger partial charge < -0.3 is 4.90 Å². The number of likely N-dealkylation sites (tertiary alicyclic amines) is 1. The number of piperidine rings is 1. The standard InChI is InChI=1S/C20H18BrFN4O/c21-16-3-1-2-15(12-16)20(27)26-10-8-14(9-11-26)19-23-18(24-25-19)13-4-6-17(22)7-5-13/h1-7,12,14H,8-11H2,(H,23,24,25). The summed E-state index contributed by atoms with van der Waals surface area (Å²) in [4.78, 5) is 19.1. The summed E-state index contributed by atoms with van der Waals surface area (Å²) in [6.07, 6.45) is 1.66. The van der Waals surface area contributed by atoms with Gasteiger partial charge in [0.15, 0.2) is 5.82 Å².